The van der Waals surface area contributed by atoms with Crippen LogP contribution < -0.4 is 0 Å². The van der Waals surface area contributed by atoms with Crippen LogP contribution in [-0.4, -0.2) is 12.7 Å². The summed E-state index contributed by atoms with van der Waals surface area (Å²) in [5.74, 6) is 0.921. The molecule has 1 heteroatoms. The van der Waals surface area contributed by atoms with Crippen molar-refractivity contribution in [3.8, 4) is 0 Å². The number of rotatable bonds is 4. The Kier molecular flexibility index (Phi) is 4.43. The van der Waals surface area contributed by atoms with Gasteiger partial charge in [0.25, 0.3) is 0 Å². The second kappa shape index (κ2) is 5.16. The third-order valence-corrected chi connectivity index (χ3v) is 4.09. The lowest BCUT2D eigenvalue weighted by molar-refractivity contribution is 0.00667. The molecule has 1 rings (SSSR count). The lowest BCUT2D eigenvalue weighted by atomic mass is 9.69. The molecule has 0 amide bonds. The van der Waals surface area contributed by atoms with Crippen LogP contribution >= 0.6 is 0 Å². The Hall–Kier alpha value is -0.0400. The quantitative estimate of drug-likeness (QED) is 0.663. The van der Waals surface area contributed by atoms with Crippen LogP contribution in [0.3, 0.4) is 0 Å². The Morgan fingerprint density at radius 2 is 1.64 bits per heavy atom. The molecule has 1 saturated carbocycles. The van der Waals surface area contributed by atoms with Gasteiger partial charge in [-0.2, -0.15) is 0 Å². The van der Waals surface area contributed by atoms with E-state index in [-0.39, 0.29) is 0 Å². The van der Waals surface area contributed by atoms with Crippen LogP contribution in [0, 0.1) is 11.3 Å². The molecular formula is C13H26O. The summed E-state index contributed by atoms with van der Waals surface area (Å²) in [7, 11) is 0. The molecule has 0 aliphatic heterocycles. The SMILES string of the molecule is CCOC1CCC(C(C)(C)CC)CC1. The maximum Gasteiger partial charge on any atom is 0.0575 e. The highest BCUT2D eigenvalue weighted by molar-refractivity contribution is 4.82. The zero-order valence-corrected chi connectivity index (χ0v) is 10.3. The highest BCUT2D eigenvalue weighted by Crippen LogP contribution is 2.40. The first kappa shape index (κ1) is 12.0. The van der Waals surface area contributed by atoms with Crippen molar-refractivity contribution in [2.75, 3.05) is 6.61 Å². The second-order valence-electron chi connectivity index (χ2n) is 5.27. The van der Waals surface area contributed by atoms with Gasteiger partial charge < -0.3 is 4.74 Å². The van der Waals surface area contributed by atoms with Gasteiger partial charge in [-0.3, -0.25) is 0 Å². The fraction of sp³-hybridized carbons (Fsp3) is 1.00. The van der Waals surface area contributed by atoms with E-state index in [9.17, 15) is 0 Å². The van der Waals surface area contributed by atoms with Crippen LogP contribution in [0.5, 0.6) is 0 Å². The molecule has 1 fully saturated rings. The normalized spacial score (nSPS) is 29.1. The summed E-state index contributed by atoms with van der Waals surface area (Å²) in [6.07, 6.45) is 7.15. The van der Waals surface area contributed by atoms with Crippen LogP contribution in [0.25, 0.3) is 0 Å². The van der Waals surface area contributed by atoms with Crippen LogP contribution in [0.4, 0.5) is 0 Å². The fourth-order valence-corrected chi connectivity index (χ4v) is 2.54. The van der Waals surface area contributed by atoms with Gasteiger partial charge in [-0.05, 0) is 43.9 Å². The van der Waals surface area contributed by atoms with E-state index in [1.807, 2.05) is 0 Å². The van der Waals surface area contributed by atoms with Crippen LogP contribution in [-0.2, 0) is 4.74 Å². The summed E-state index contributed by atoms with van der Waals surface area (Å²) in [5, 5.41) is 0. The molecule has 0 radical (unpaired) electrons. The standard InChI is InChI=1S/C13H26O/c1-5-13(3,4)11-7-9-12(10-8-11)14-6-2/h11-12H,5-10H2,1-4H3. The summed E-state index contributed by atoms with van der Waals surface area (Å²) in [6, 6.07) is 0. The first-order valence-electron chi connectivity index (χ1n) is 6.21. The van der Waals surface area contributed by atoms with Gasteiger partial charge in [-0.25, -0.2) is 0 Å². The van der Waals surface area contributed by atoms with Gasteiger partial charge in [0.05, 0.1) is 6.10 Å². The van der Waals surface area contributed by atoms with Crippen LogP contribution in [0.2, 0.25) is 0 Å². The van der Waals surface area contributed by atoms with E-state index in [2.05, 4.69) is 27.7 Å². The van der Waals surface area contributed by atoms with Crippen molar-refractivity contribution in [2.24, 2.45) is 11.3 Å². The second-order valence-corrected chi connectivity index (χ2v) is 5.27. The minimum Gasteiger partial charge on any atom is -0.379 e. The lowest BCUT2D eigenvalue weighted by Gasteiger charge is -2.38. The van der Waals surface area contributed by atoms with E-state index in [0.717, 1.165) is 12.5 Å². The molecule has 0 atom stereocenters. The van der Waals surface area contributed by atoms with E-state index in [0.29, 0.717) is 11.5 Å². The zero-order valence-electron chi connectivity index (χ0n) is 10.3. The Morgan fingerprint density at radius 3 is 2.07 bits per heavy atom. The first-order chi connectivity index (χ1) is 6.60. The molecule has 0 heterocycles. The van der Waals surface area contributed by atoms with Gasteiger partial charge in [0.1, 0.15) is 0 Å². The molecule has 0 aromatic carbocycles. The predicted molar refractivity (Wildman–Crippen MR) is 61.4 cm³/mol. The molecule has 1 nitrogen and oxygen atoms in total. The molecule has 14 heavy (non-hydrogen) atoms. The van der Waals surface area contributed by atoms with Gasteiger partial charge in [0.15, 0.2) is 0 Å². The zero-order chi connectivity index (χ0) is 10.6. The van der Waals surface area contributed by atoms with Crippen LogP contribution in [0.1, 0.15) is 59.8 Å². The summed E-state index contributed by atoms with van der Waals surface area (Å²) in [4.78, 5) is 0. The number of hydrogen-bond donors (Lipinski definition) is 0. The molecule has 0 aromatic rings. The van der Waals surface area contributed by atoms with Gasteiger partial charge in [0, 0.05) is 6.61 Å². The third kappa shape index (κ3) is 2.98. The minimum atomic E-state index is 0.539. The summed E-state index contributed by atoms with van der Waals surface area (Å²) in [6.45, 7) is 10.1. The van der Waals surface area contributed by atoms with Crippen molar-refractivity contribution in [3.05, 3.63) is 0 Å². The monoisotopic (exact) mass is 198 g/mol. The van der Waals surface area contributed by atoms with Crippen molar-refractivity contribution in [3.63, 3.8) is 0 Å². The third-order valence-electron chi connectivity index (χ3n) is 4.09. The number of hydrogen-bond acceptors (Lipinski definition) is 1. The Bertz CT molecular complexity index is 155. The molecular weight excluding hydrogens is 172 g/mol. The topological polar surface area (TPSA) is 9.23 Å². The largest absolute Gasteiger partial charge is 0.379 e. The molecule has 0 aromatic heterocycles. The fourth-order valence-electron chi connectivity index (χ4n) is 2.54. The maximum atomic E-state index is 5.68. The van der Waals surface area contributed by atoms with E-state index in [1.54, 1.807) is 0 Å². The van der Waals surface area contributed by atoms with Gasteiger partial charge in [-0.15, -0.1) is 0 Å². The van der Waals surface area contributed by atoms with Gasteiger partial charge in [0.2, 0.25) is 0 Å². The van der Waals surface area contributed by atoms with E-state index in [4.69, 9.17) is 4.74 Å². The minimum absolute atomic E-state index is 0.539. The predicted octanol–water partition coefficient (Wildman–Crippen LogP) is 4.02. The molecule has 0 N–H and O–H groups in total. The molecule has 1 aliphatic rings. The lowest BCUT2D eigenvalue weighted by Crippen LogP contribution is -2.30. The Balaban J connectivity index is 2.35. The van der Waals surface area contributed by atoms with E-state index < -0.39 is 0 Å². The van der Waals surface area contributed by atoms with E-state index in [1.165, 1.54) is 32.1 Å². The summed E-state index contributed by atoms with van der Waals surface area (Å²) < 4.78 is 5.68. The van der Waals surface area contributed by atoms with Crippen molar-refractivity contribution in [2.45, 2.75) is 65.9 Å². The molecule has 84 valence electrons. The first-order valence-corrected chi connectivity index (χ1v) is 6.21. The average Bonchev–Trinajstić information content (AvgIpc) is 2.19. The summed E-state index contributed by atoms with van der Waals surface area (Å²) in [5.41, 5.74) is 0.539. The smallest absolute Gasteiger partial charge is 0.0575 e. The Morgan fingerprint density at radius 1 is 1.07 bits per heavy atom. The van der Waals surface area contributed by atoms with Crippen molar-refractivity contribution in [1.82, 2.24) is 0 Å². The summed E-state index contributed by atoms with van der Waals surface area (Å²) >= 11 is 0. The molecule has 0 unspecified atom stereocenters. The van der Waals surface area contributed by atoms with Crippen LogP contribution in [0.15, 0.2) is 0 Å². The maximum absolute atomic E-state index is 5.68. The average molecular weight is 198 g/mol. The molecule has 0 saturated heterocycles. The molecule has 0 bridgehead atoms. The van der Waals surface area contributed by atoms with Gasteiger partial charge >= 0.3 is 0 Å². The molecule has 1 aliphatic carbocycles. The van der Waals surface area contributed by atoms with Crippen molar-refractivity contribution >= 4 is 0 Å². The highest BCUT2D eigenvalue weighted by Gasteiger charge is 2.31. The number of ether oxygens (including phenoxy) is 1. The van der Waals surface area contributed by atoms with E-state index >= 15 is 0 Å². The Labute approximate surface area is 89.2 Å². The van der Waals surface area contributed by atoms with Crippen molar-refractivity contribution in [1.29, 1.82) is 0 Å². The highest BCUT2D eigenvalue weighted by atomic mass is 16.5. The van der Waals surface area contributed by atoms with Gasteiger partial charge in [-0.1, -0.05) is 27.2 Å². The van der Waals surface area contributed by atoms with Crippen molar-refractivity contribution < 1.29 is 4.74 Å². The molecule has 0 spiro atoms.